The zero-order chi connectivity index (χ0) is 23.7. The van der Waals surface area contributed by atoms with Gasteiger partial charge in [-0.15, -0.1) is 11.6 Å². The molecule has 8 heteroatoms. The zero-order valence-electron chi connectivity index (χ0n) is 19.5. The van der Waals surface area contributed by atoms with E-state index < -0.39 is 6.09 Å². The molecule has 33 heavy (non-hydrogen) atoms. The van der Waals surface area contributed by atoms with E-state index in [1.165, 1.54) is 4.90 Å². The average Bonchev–Trinajstić information content (AvgIpc) is 3.23. The molecular formula is C25H32ClN3O4. The van der Waals surface area contributed by atoms with Gasteiger partial charge in [-0.25, -0.2) is 9.78 Å². The Bertz CT molecular complexity index is 1040. The molecule has 178 valence electrons. The molecule has 0 spiro atoms. The number of methoxy groups -OCH3 is 1. The molecule has 1 saturated carbocycles. The van der Waals surface area contributed by atoms with Crippen molar-refractivity contribution < 1.29 is 19.4 Å². The van der Waals surface area contributed by atoms with E-state index in [1.807, 2.05) is 32.0 Å². The monoisotopic (exact) mass is 473 g/mol. The number of amides is 2. The molecule has 1 saturated heterocycles. The zero-order valence-corrected chi connectivity index (χ0v) is 20.2. The van der Waals surface area contributed by atoms with Gasteiger partial charge in [0.1, 0.15) is 0 Å². The fourth-order valence-corrected chi connectivity index (χ4v) is 5.69. The van der Waals surface area contributed by atoms with Crippen molar-refractivity contribution in [2.75, 3.05) is 20.2 Å². The summed E-state index contributed by atoms with van der Waals surface area (Å²) in [5.41, 5.74) is 2.22. The summed E-state index contributed by atoms with van der Waals surface area (Å²) in [6.07, 6.45) is 3.43. The average molecular weight is 474 g/mol. The highest BCUT2D eigenvalue weighted by Gasteiger charge is 2.35. The van der Waals surface area contributed by atoms with Gasteiger partial charge < -0.3 is 19.6 Å². The molecule has 3 atom stereocenters. The first-order chi connectivity index (χ1) is 15.8. The number of ether oxygens (including phenoxy) is 1. The van der Waals surface area contributed by atoms with Crippen molar-refractivity contribution in [3.05, 3.63) is 35.5 Å². The fraction of sp³-hybridized carbons (Fsp3) is 0.560. The van der Waals surface area contributed by atoms with Crippen LogP contribution in [0, 0.1) is 0 Å². The summed E-state index contributed by atoms with van der Waals surface area (Å²) < 4.78 is 5.60. The van der Waals surface area contributed by atoms with Gasteiger partial charge in [0.15, 0.2) is 11.4 Å². The number of hydrogen-bond donors (Lipinski definition) is 1. The number of carbonyl (C=O) groups is 2. The van der Waals surface area contributed by atoms with E-state index in [-0.39, 0.29) is 29.1 Å². The second-order valence-corrected chi connectivity index (χ2v) is 10.0. The molecule has 3 unspecified atom stereocenters. The predicted octanol–water partition coefficient (Wildman–Crippen LogP) is 5.11. The SMILES string of the molecule is COc1cc2cccc(C3CCC(Cl)C3)c2nc1C(=O)N(C(C)C)C1CCCN(C(=O)O)C1. The second kappa shape index (κ2) is 9.75. The quantitative estimate of drug-likeness (QED) is 0.610. The lowest BCUT2D eigenvalue weighted by Gasteiger charge is -2.40. The van der Waals surface area contributed by atoms with E-state index in [2.05, 4.69) is 6.07 Å². The first-order valence-corrected chi connectivity index (χ1v) is 12.2. The van der Waals surface area contributed by atoms with Crippen molar-refractivity contribution in [2.24, 2.45) is 0 Å². The Morgan fingerprint density at radius 2 is 2.06 bits per heavy atom. The maximum atomic E-state index is 13.9. The van der Waals surface area contributed by atoms with Crippen molar-refractivity contribution in [1.82, 2.24) is 14.8 Å². The maximum Gasteiger partial charge on any atom is 0.407 e. The lowest BCUT2D eigenvalue weighted by atomic mass is 9.94. The summed E-state index contributed by atoms with van der Waals surface area (Å²) in [4.78, 5) is 33.5. The van der Waals surface area contributed by atoms with E-state index in [0.29, 0.717) is 24.8 Å². The van der Waals surface area contributed by atoms with Crippen LogP contribution in [-0.2, 0) is 0 Å². The maximum absolute atomic E-state index is 13.9. The lowest BCUT2D eigenvalue weighted by Crippen LogP contribution is -2.53. The number of benzene rings is 1. The molecule has 0 radical (unpaired) electrons. The van der Waals surface area contributed by atoms with Crippen LogP contribution in [0.4, 0.5) is 4.79 Å². The standard InChI is InChI=1S/C25H32ClN3O4/c1-15(2)29(19-7-5-11-28(14-19)25(31)32)24(30)23-21(33-3)13-17-6-4-8-20(22(17)27-23)16-9-10-18(26)12-16/h4,6,8,13,15-16,18-19H,5,7,9-12,14H2,1-3H3,(H,31,32). The molecule has 1 aliphatic heterocycles. The third-order valence-electron chi connectivity index (χ3n) is 6.92. The van der Waals surface area contributed by atoms with Gasteiger partial charge in [-0.3, -0.25) is 4.79 Å². The topological polar surface area (TPSA) is 83.0 Å². The number of aromatic nitrogens is 1. The van der Waals surface area contributed by atoms with Gasteiger partial charge in [-0.1, -0.05) is 18.2 Å². The summed E-state index contributed by atoms with van der Waals surface area (Å²) in [5, 5.41) is 10.6. The van der Waals surface area contributed by atoms with Gasteiger partial charge in [0, 0.05) is 29.9 Å². The molecule has 1 aromatic heterocycles. The Hall–Kier alpha value is -2.54. The Labute approximate surface area is 199 Å². The normalized spacial score (nSPS) is 23.2. The Kier molecular flexibility index (Phi) is 6.98. The van der Waals surface area contributed by atoms with E-state index in [1.54, 1.807) is 12.0 Å². The number of pyridine rings is 1. The van der Waals surface area contributed by atoms with E-state index in [0.717, 1.165) is 48.6 Å². The molecule has 7 nitrogen and oxygen atoms in total. The highest BCUT2D eigenvalue weighted by atomic mass is 35.5. The number of hydrogen-bond acceptors (Lipinski definition) is 4. The van der Waals surface area contributed by atoms with Crippen LogP contribution in [0.2, 0.25) is 0 Å². The van der Waals surface area contributed by atoms with E-state index in [4.69, 9.17) is 21.3 Å². The third kappa shape index (κ3) is 4.74. The summed E-state index contributed by atoms with van der Waals surface area (Å²) >= 11 is 6.39. The van der Waals surface area contributed by atoms with Crippen LogP contribution in [0.1, 0.15) is 67.9 Å². The Morgan fingerprint density at radius 1 is 1.27 bits per heavy atom. The summed E-state index contributed by atoms with van der Waals surface area (Å²) in [5.74, 6) is 0.531. The van der Waals surface area contributed by atoms with Gasteiger partial charge >= 0.3 is 6.09 Å². The molecule has 2 heterocycles. The molecule has 1 aromatic carbocycles. The van der Waals surface area contributed by atoms with Gasteiger partial charge in [-0.2, -0.15) is 0 Å². The van der Waals surface area contributed by atoms with Crippen LogP contribution in [0.25, 0.3) is 10.9 Å². The largest absolute Gasteiger partial charge is 0.494 e. The number of alkyl halides is 1. The molecule has 2 aromatic rings. The summed E-state index contributed by atoms with van der Waals surface area (Å²) in [6, 6.07) is 7.66. The van der Waals surface area contributed by atoms with Crippen LogP contribution in [-0.4, -0.2) is 69.6 Å². The minimum absolute atomic E-state index is 0.111. The minimum atomic E-state index is -0.948. The fourth-order valence-electron chi connectivity index (χ4n) is 5.35. The van der Waals surface area contributed by atoms with Gasteiger partial charge in [0.25, 0.3) is 5.91 Å². The number of carbonyl (C=O) groups excluding carboxylic acids is 1. The van der Waals surface area contributed by atoms with Crippen LogP contribution < -0.4 is 4.74 Å². The molecule has 0 bridgehead atoms. The van der Waals surface area contributed by atoms with Crippen LogP contribution in [0.5, 0.6) is 5.75 Å². The van der Waals surface area contributed by atoms with E-state index in [9.17, 15) is 14.7 Å². The van der Waals surface area contributed by atoms with E-state index >= 15 is 0 Å². The van der Waals surface area contributed by atoms with Crippen LogP contribution >= 0.6 is 11.6 Å². The van der Waals surface area contributed by atoms with Crippen molar-refractivity contribution in [2.45, 2.75) is 69.3 Å². The predicted molar refractivity (Wildman–Crippen MR) is 128 cm³/mol. The molecule has 2 aliphatic rings. The molecule has 1 N–H and O–H groups in total. The van der Waals surface area contributed by atoms with Crippen LogP contribution in [0.3, 0.4) is 0 Å². The molecular weight excluding hydrogens is 442 g/mol. The van der Waals surface area contributed by atoms with Gasteiger partial charge in [0.2, 0.25) is 0 Å². The molecule has 2 fully saturated rings. The molecule has 2 amide bonds. The molecule has 1 aliphatic carbocycles. The summed E-state index contributed by atoms with van der Waals surface area (Å²) in [6.45, 7) is 4.71. The first kappa shape index (κ1) is 23.6. The lowest BCUT2D eigenvalue weighted by molar-refractivity contribution is 0.0442. The number of fused-ring (bicyclic) bond motifs is 1. The Morgan fingerprint density at radius 3 is 2.70 bits per heavy atom. The smallest absolute Gasteiger partial charge is 0.407 e. The van der Waals surface area contributed by atoms with Crippen LogP contribution in [0.15, 0.2) is 24.3 Å². The number of para-hydroxylation sites is 1. The Balaban J connectivity index is 1.74. The first-order valence-electron chi connectivity index (χ1n) is 11.7. The third-order valence-corrected chi connectivity index (χ3v) is 7.32. The molecule has 4 rings (SSSR count). The van der Waals surface area contributed by atoms with Gasteiger partial charge in [0.05, 0.1) is 18.7 Å². The summed E-state index contributed by atoms with van der Waals surface area (Å²) in [7, 11) is 1.55. The minimum Gasteiger partial charge on any atom is -0.494 e. The van der Waals surface area contributed by atoms with Crippen molar-refractivity contribution >= 4 is 34.5 Å². The highest BCUT2D eigenvalue weighted by Crippen LogP contribution is 2.40. The number of likely N-dealkylation sites (tertiary alicyclic amines) is 1. The number of piperidine rings is 1. The second-order valence-electron chi connectivity index (χ2n) is 9.40. The van der Waals surface area contributed by atoms with Crippen molar-refractivity contribution in [3.63, 3.8) is 0 Å². The number of rotatable bonds is 5. The van der Waals surface area contributed by atoms with Crippen molar-refractivity contribution in [1.29, 1.82) is 0 Å². The number of nitrogens with zero attached hydrogens (tertiary/aromatic N) is 3. The number of carboxylic acid groups (broad SMARTS) is 1. The number of halogens is 1. The van der Waals surface area contributed by atoms with Crippen molar-refractivity contribution in [3.8, 4) is 5.75 Å². The van der Waals surface area contributed by atoms with Gasteiger partial charge in [-0.05, 0) is 63.5 Å². The highest BCUT2D eigenvalue weighted by molar-refractivity contribution is 6.20.